The predicted octanol–water partition coefficient (Wildman–Crippen LogP) is 4.13. The van der Waals surface area contributed by atoms with Gasteiger partial charge in [0.05, 0.1) is 11.2 Å². The molecule has 0 spiro atoms. The Morgan fingerprint density at radius 2 is 2.10 bits per heavy atom. The van der Waals surface area contributed by atoms with Crippen molar-refractivity contribution >= 4 is 34.4 Å². The van der Waals surface area contributed by atoms with Gasteiger partial charge < -0.3 is 15.2 Å². The Labute approximate surface area is 170 Å². The summed E-state index contributed by atoms with van der Waals surface area (Å²) in [6, 6.07) is 0.479. The quantitative estimate of drug-likeness (QED) is 0.590. The van der Waals surface area contributed by atoms with Crippen molar-refractivity contribution in [2.45, 2.75) is 19.1 Å². The molecule has 0 fully saturated rings. The Hall–Kier alpha value is -2.95. The summed E-state index contributed by atoms with van der Waals surface area (Å²) in [4.78, 5) is 27.7. The molecule has 3 aromatic rings. The maximum atomic E-state index is 14.2. The lowest BCUT2D eigenvalue weighted by atomic mass is 10.2. The summed E-state index contributed by atoms with van der Waals surface area (Å²) >= 11 is 5.96. The normalized spacial score (nSPS) is 12.8. The van der Waals surface area contributed by atoms with Crippen LogP contribution in [0, 0.1) is 5.82 Å². The van der Waals surface area contributed by atoms with Crippen molar-refractivity contribution in [1.82, 2.24) is 24.8 Å². The van der Waals surface area contributed by atoms with Gasteiger partial charge in [-0.05, 0) is 13.0 Å². The lowest BCUT2D eigenvalue weighted by molar-refractivity contribution is -0.158. The molecule has 158 valence electrons. The van der Waals surface area contributed by atoms with E-state index in [2.05, 4.69) is 25.3 Å². The van der Waals surface area contributed by atoms with Gasteiger partial charge in [0, 0.05) is 33.2 Å². The van der Waals surface area contributed by atoms with E-state index in [1.165, 1.54) is 13.1 Å². The summed E-state index contributed by atoms with van der Waals surface area (Å²) in [7, 11) is 1.01. The zero-order valence-corrected chi connectivity index (χ0v) is 15.9. The molecule has 0 saturated heterocycles. The summed E-state index contributed by atoms with van der Waals surface area (Å²) in [5, 5.41) is 3.48. The van der Waals surface area contributed by atoms with Crippen LogP contribution in [0.2, 0.25) is 5.02 Å². The third-order valence-corrected chi connectivity index (χ3v) is 4.21. The van der Waals surface area contributed by atoms with E-state index in [0.717, 1.165) is 13.2 Å². The average molecular weight is 435 g/mol. The van der Waals surface area contributed by atoms with Crippen molar-refractivity contribution in [1.29, 1.82) is 0 Å². The zero-order chi connectivity index (χ0) is 21.3. The molecule has 0 aliphatic rings. The Kier molecular flexibility index (Phi) is 5.60. The molecule has 0 aliphatic heterocycles. The summed E-state index contributed by atoms with van der Waals surface area (Å²) in [6.07, 6.45) is -0.621. The van der Waals surface area contributed by atoms with Gasteiger partial charge in [0.15, 0.2) is 17.5 Å². The van der Waals surface area contributed by atoms with Crippen molar-refractivity contribution in [3.05, 3.63) is 35.5 Å². The number of nitrogens with zero attached hydrogens (tertiary/aromatic N) is 4. The van der Waals surface area contributed by atoms with Crippen molar-refractivity contribution in [3.8, 4) is 11.4 Å². The largest absolute Gasteiger partial charge is 0.406 e. The number of anilines is 1. The van der Waals surface area contributed by atoms with Crippen LogP contribution in [0.4, 0.5) is 23.4 Å². The molecule has 29 heavy (non-hydrogen) atoms. The summed E-state index contributed by atoms with van der Waals surface area (Å²) in [5.41, 5.74) is 1.01. The number of aromatic nitrogens is 4. The highest BCUT2D eigenvalue weighted by atomic mass is 35.5. The molecule has 1 amide bonds. The number of carbonyl (C=O) groups excluding carboxylic acids is 1. The van der Waals surface area contributed by atoms with E-state index in [-0.39, 0.29) is 14.5 Å². The van der Waals surface area contributed by atoms with Gasteiger partial charge in [-0.2, -0.15) is 13.2 Å². The second-order valence-electron chi connectivity index (χ2n) is 6.32. The molecular formula is C17H19ClF4N6O. The number of alkyl halides is 3. The molecular weight excluding hydrogens is 416 g/mol. The first-order valence-electron chi connectivity index (χ1n) is 8.29. The van der Waals surface area contributed by atoms with E-state index in [1.54, 1.807) is 12.3 Å². The van der Waals surface area contributed by atoms with E-state index in [4.69, 9.17) is 11.6 Å². The molecule has 0 saturated carbocycles. The molecule has 0 aliphatic carbocycles. The maximum Gasteiger partial charge on any atom is 0.406 e. The SMILES string of the molecule is C[C@@H](Nc1nc(-c2c[nH]c3ncc(Cl)cc23)ncc1F)C(=O)N(C)CC(F)(F)F.[HH].[HH]. The minimum Gasteiger partial charge on any atom is -0.356 e. The highest BCUT2D eigenvalue weighted by molar-refractivity contribution is 6.31. The van der Waals surface area contributed by atoms with Crippen LogP contribution in [0.5, 0.6) is 0 Å². The lowest BCUT2D eigenvalue weighted by Crippen LogP contribution is -2.43. The van der Waals surface area contributed by atoms with Gasteiger partial charge in [0.25, 0.3) is 0 Å². The Morgan fingerprint density at radius 3 is 2.79 bits per heavy atom. The van der Waals surface area contributed by atoms with E-state index in [9.17, 15) is 22.4 Å². The molecule has 3 heterocycles. The van der Waals surface area contributed by atoms with E-state index in [1.807, 2.05) is 0 Å². The smallest absolute Gasteiger partial charge is 0.356 e. The van der Waals surface area contributed by atoms with Gasteiger partial charge in [-0.1, -0.05) is 11.6 Å². The van der Waals surface area contributed by atoms with E-state index in [0.29, 0.717) is 26.5 Å². The molecule has 2 N–H and O–H groups in total. The number of rotatable bonds is 5. The fourth-order valence-electron chi connectivity index (χ4n) is 2.71. The van der Waals surface area contributed by atoms with Gasteiger partial charge in [-0.3, -0.25) is 4.79 Å². The van der Waals surface area contributed by atoms with Crippen LogP contribution in [-0.4, -0.2) is 56.6 Å². The van der Waals surface area contributed by atoms with Crippen LogP contribution in [-0.2, 0) is 4.79 Å². The number of nitrogens with one attached hydrogen (secondary N) is 2. The molecule has 12 heteroatoms. The summed E-state index contributed by atoms with van der Waals surface area (Å²) in [6.45, 7) is -0.107. The number of hydrogen-bond donors (Lipinski definition) is 2. The van der Waals surface area contributed by atoms with E-state index >= 15 is 0 Å². The van der Waals surface area contributed by atoms with Crippen LogP contribution < -0.4 is 5.32 Å². The fraction of sp³-hybridized carbons (Fsp3) is 0.294. The number of carbonyl (C=O) groups is 1. The molecule has 0 unspecified atom stereocenters. The monoisotopic (exact) mass is 434 g/mol. The molecule has 1 atom stereocenters. The Balaban J connectivity index is 0.00000240. The maximum absolute atomic E-state index is 14.2. The van der Waals surface area contributed by atoms with Crippen LogP contribution in [0.25, 0.3) is 22.4 Å². The number of H-pyrrole nitrogens is 1. The zero-order valence-electron chi connectivity index (χ0n) is 15.2. The van der Waals surface area contributed by atoms with Crippen molar-refractivity contribution in [3.63, 3.8) is 0 Å². The summed E-state index contributed by atoms with van der Waals surface area (Å²) in [5.74, 6) is -1.93. The Morgan fingerprint density at radius 1 is 1.38 bits per heavy atom. The van der Waals surface area contributed by atoms with Crippen molar-refractivity contribution in [2.75, 3.05) is 18.9 Å². The molecule has 7 nitrogen and oxygen atoms in total. The van der Waals surface area contributed by atoms with Crippen molar-refractivity contribution in [2.24, 2.45) is 0 Å². The van der Waals surface area contributed by atoms with Crippen LogP contribution in [0.15, 0.2) is 24.7 Å². The van der Waals surface area contributed by atoms with E-state index < -0.39 is 30.5 Å². The number of aromatic amines is 1. The Bertz CT molecular complexity index is 1060. The van der Waals surface area contributed by atoms with Crippen molar-refractivity contribution < 1.29 is 25.2 Å². The number of likely N-dealkylation sites (N-methyl/N-ethyl adjacent to an activating group) is 1. The highest BCUT2D eigenvalue weighted by Gasteiger charge is 2.32. The molecule has 0 aromatic carbocycles. The average Bonchev–Trinajstić information content (AvgIpc) is 3.04. The van der Waals surface area contributed by atoms with Crippen LogP contribution in [0.1, 0.15) is 9.78 Å². The number of pyridine rings is 1. The molecule has 0 bridgehead atoms. The fourth-order valence-corrected chi connectivity index (χ4v) is 2.86. The highest BCUT2D eigenvalue weighted by Crippen LogP contribution is 2.28. The predicted molar refractivity (Wildman–Crippen MR) is 103 cm³/mol. The first-order chi connectivity index (χ1) is 13.5. The second kappa shape index (κ2) is 7.82. The van der Waals surface area contributed by atoms with Gasteiger partial charge in [0.1, 0.15) is 18.2 Å². The number of hydrogen-bond acceptors (Lipinski definition) is 5. The van der Waals surface area contributed by atoms with Gasteiger partial charge in [-0.15, -0.1) is 0 Å². The number of fused-ring (bicyclic) bond motifs is 1. The van der Waals surface area contributed by atoms with Gasteiger partial charge in [0.2, 0.25) is 5.91 Å². The first-order valence-corrected chi connectivity index (χ1v) is 8.67. The summed E-state index contributed by atoms with van der Waals surface area (Å²) < 4.78 is 51.6. The second-order valence-corrected chi connectivity index (χ2v) is 6.75. The standard InChI is InChI=1S/C17H15ClF4N6O.2H2/c1-8(16(29)28(2)7-17(20,21)22)26-15-12(19)6-25-14(27-15)11-5-24-13-10(11)3-9(18)4-23-13;;/h3-6,8H,7H2,1-2H3,(H,23,24)(H,25,26,27);2*1H/t8-;;/m1../s1. The van der Waals surface area contributed by atoms with Crippen LogP contribution >= 0.6 is 11.6 Å². The number of amides is 1. The first kappa shape index (κ1) is 20.8. The lowest BCUT2D eigenvalue weighted by Gasteiger charge is -2.23. The number of halogens is 5. The van der Waals surface area contributed by atoms with Crippen LogP contribution in [0.3, 0.4) is 0 Å². The molecule has 3 rings (SSSR count). The molecule has 3 aromatic heterocycles. The topological polar surface area (TPSA) is 86.8 Å². The minimum absolute atomic E-state index is 0. The van der Waals surface area contributed by atoms with Gasteiger partial charge in [-0.25, -0.2) is 19.3 Å². The minimum atomic E-state index is -4.54. The van der Waals surface area contributed by atoms with Gasteiger partial charge >= 0.3 is 6.18 Å². The molecule has 0 radical (unpaired) electrons. The third kappa shape index (κ3) is 4.73. The third-order valence-electron chi connectivity index (χ3n) is 4.00.